The molecule has 0 radical (unpaired) electrons. The summed E-state index contributed by atoms with van der Waals surface area (Å²) in [5, 5.41) is 0. The smallest absolute Gasteiger partial charge is 0.263 e. The number of amides is 1. The van der Waals surface area contributed by atoms with Crippen LogP contribution in [0.3, 0.4) is 0 Å². The molecule has 0 aliphatic carbocycles. The first-order chi connectivity index (χ1) is 9.88. The number of likely N-dealkylation sites (tertiary alicyclic amines) is 1. The molecule has 1 aliphatic rings. The quantitative estimate of drug-likeness (QED) is 0.929. The fourth-order valence-electron chi connectivity index (χ4n) is 2.57. The summed E-state index contributed by atoms with van der Waals surface area (Å²) in [6.07, 6.45) is 0.754. The van der Waals surface area contributed by atoms with E-state index in [0.29, 0.717) is 6.54 Å². The van der Waals surface area contributed by atoms with Gasteiger partial charge >= 0.3 is 0 Å². The van der Waals surface area contributed by atoms with E-state index in [0.717, 1.165) is 25.0 Å². The Kier molecular flexibility index (Phi) is 4.77. The summed E-state index contributed by atoms with van der Waals surface area (Å²) in [5.41, 5.74) is 5.87. The molecule has 116 valence electrons. The van der Waals surface area contributed by atoms with Gasteiger partial charge in [0.25, 0.3) is 5.91 Å². The van der Waals surface area contributed by atoms with E-state index in [1.54, 1.807) is 11.8 Å². The SMILES string of the molecule is C[C@H](Oc1ccc(F)c(F)c1)C(=O)N1CC[C@@H](N)C[C@@H]1C. The first-order valence-electron chi connectivity index (χ1n) is 7.06. The van der Waals surface area contributed by atoms with Crippen molar-refractivity contribution >= 4 is 5.91 Å². The largest absolute Gasteiger partial charge is 0.481 e. The van der Waals surface area contributed by atoms with Crippen LogP contribution in [-0.2, 0) is 4.79 Å². The number of hydrogen-bond donors (Lipinski definition) is 1. The second-order valence-corrected chi connectivity index (χ2v) is 5.50. The molecule has 2 rings (SSSR count). The minimum Gasteiger partial charge on any atom is -0.481 e. The maximum absolute atomic E-state index is 13.1. The lowest BCUT2D eigenvalue weighted by Crippen LogP contribution is -2.51. The van der Waals surface area contributed by atoms with Crippen LogP contribution < -0.4 is 10.5 Å². The number of carbonyl (C=O) groups is 1. The first-order valence-corrected chi connectivity index (χ1v) is 7.06. The Bertz CT molecular complexity index is 524. The molecule has 0 unspecified atom stereocenters. The highest BCUT2D eigenvalue weighted by molar-refractivity contribution is 5.81. The van der Waals surface area contributed by atoms with E-state index in [1.165, 1.54) is 6.07 Å². The predicted octanol–water partition coefficient (Wildman–Crippen LogP) is 2.07. The lowest BCUT2D eigenvalue weighted by molar-refractivity contribution is -0.141. The summed E-state index contributed by atoms with van der Waals surface area (Å²) in [7, 11) is 0. The van der Waals surface area contributed by atoms with Crippen LogP contribution in [-0.4, -0.2) is 35.5 Å². The number of piperidine rings is 1. The molecule has 0 bridgehead atoms. The van der Waals surface area contributed by atoms with Crippen molar-refractivity contribution in [3.05, 3.63) is 29.8 Å². The number of rotatable bonds is 3. The van der Waals surface area contributed by atoms with Crippen LogP contribution in [0.1, 0.15) is 26.7 Å². The molecule has 1 saturated heterocycles. The first kappa shape index (κ1) is 15.7. The molecule has 6 heteroatoms. The summed E-state index contributed by atoms with van der Waals surface area (Å²) in [6, 6.07) is 3.39. The molecule has 4 nitrogen and oxygen atoms in total. The maximum Gasteiger partial charge on any atom is 0.263 e. The zero-order valence-electron chi connectivity index (χ0n) is 12.2. The van der Waals surface area contributed by atoms with Crippen molar-refractivity contribution in [2.45, 2.75) is 44.9 Å². The monoisotopic (exact) mass is 298 g/mol. The topological polar surface area (TPSA) is 55.6 Å². The Morgan fingerprint density at radius 1 is 1.43 bits per heavy atom. The number of halogens is 2. The van der Waals surface area contributed by atoms with Crippen molar-refractivity contribution in [2.24, 2.45) is 5.73 Å². The van der Waals surface area contributed by atoms with Crippen molar-refractivity contribution in [1.82, 2.24) is 4.90 Å². The van der Waals surface area contributed by atoms with Crippen molar-refractivity contribution in [3.8, 4) is 5.75 Å². The van der Waals surface area contributed by atoms with Gasteiger partial charge in [0.2, 0.25) is 0 Å². The van der Waals surface area contributed by atoms with E-state index in [9.17, 15) is 13.6 Å². The zero-order valence-corrected chi connectivity index (χ0v) is 12.2. The molecular weight excluding hydrogens is 278 g/mol. The molecule has 1 amide bonds. The molecule has 0 spiro atoms. The van der Waals surface area contributed by atoms with Crippen molar-refractivity contribution < 1.29 is 18.3 Å². The van der Waals surface area contributed by atoms with E-state index in [1.807, 2.05) is 6.92 Å². The number of hydrogen-bond acceptors (Lipinski definition) is 3. The van der Waals surface area contributed by atoms with Gasteiger partial charge in [0, 0.05) is 24.7 Å². The number of ether oxygens (including phenoxy) is 1. The van der Waals surface area contributed by atoms with Gasteiger partial charge in [-0.05, 0) is 38.8 Å². The van der Waals surface area contributed by atoms with Crippen LogP contribution in [0.5, 0.6) is 5.75 Å². The normalized spacial score (nSPS) is 23.8. The molecule has 1 fully saturated rings. The zero-order chi connectivity index (χ0) is 15.6. The molecule has 0 saturated carbocycles. The van der Waals surface area contributed by atoms with Gasteiger partial charge in [0.15, 0.2) is 17.7 Å². The minimum absolute atomic E-state index is 0.0530. The van der Waals surface area contributed by atoms with Crippen molar-refractivity contribution in [3.63, 3.8) is 0 Å². The van der Waals surface area contributed by atoms with Crippen LogP contribution in [0.4, 0.5) is 8.78 Å². The van der Waals surface area contributed by atoms with Gasteiger partial charge in [-0.15, -0.1) is 0 Å². The van der Waals surface area contributed by atoms with E-state index in [2.05, 4.69) is 0 Å². The summed E-state index contributed by atoms with van der Waals surface area (Å²) in [6.45, 7) is 4.14. The lowest BCUT2D eigenvalue weighted by atomic mass is 9.98. The molecule has 21 heavy (non-hydrogen) atoms. The standard InChI is InChI=1S/C15H20F2N2O2/c1-9-7-11(18)5-6-19(9)15(20)10(2)21-12-3-4-13(16)14(17)8-12/h3-4,8-11H,5-7,18H2,1-2H3/t9-,10-,11+/m0/s1. The van der Waals surface area contributed by atoms with Crippen LogP contribution in [0.2, 0.25) is 0 Å². The highest BCUT2D eigenvalue weighted by Crippen LogP contribution is 2.20. The third-order valence-corrected chi connectivity index (χ3v) is 3.75. The van der Waals surface area contributed by atoms with Crippen LogP contribution in [0.15, 0.2) is 18.2 Å². The molecule has 1 heterocycles. The minimum atomic E-state index is -0.996. The lowest BCUT2D eigenvalue weighted by Gasteiger charge is -2.37. The highest BCUT2D eigenvalue weighted by Gasteiger charge is 2.30. The molecule has 1 aliphatic heterocycles. The summed E-state index contributed by atoms with van der Waals surface area (Å²) < 4.78 is 31.4. The predicted molar refractivity (Wildman–Crippen MR) is 74.8 cm³/mol. The molecule has 1 aromatic rings. The maximum atomic E-state index is 13.1. The number of nitrogens with two attached hydrogens (primary N) is 1. The van der Waals surface area contributed by atoms with Gasteiger partial charge < -0.3 is 15.4 Å². The molecule has 0 aromatic heterocycles. The number of nitrogens with zero attached hydrogens (tertiary/aromatic N) is 1. The second-order valence-electron chi connectivity index (χ2n) is 5.50. The van der Waals surface area contributed by atoms with Crippen molar-refractivity contribution in [1.29, 1.82) is 0 Å². The van der Waals surface area contributed by atoms with E-state index in [-0.39, 0.29) is 23.7 Å². The van der Waals surface area contributed by atoms with E-state index >= 15 is 0 Å². The number of benzene rings is 1. The van der Waals surface area contributed by atoms with Gasteiger partial charge in [0.05, 0.1) is 0 Å². The third-order valence-electron chi connectivity index (χ3n) is 3.75. The molecule has 3 atom stereocenters. The Morgan fingerprint density at radius 2 is 2.14 bits per heavy atom. The summed E-state index contributed by atoms with van der Waals surface area (Å²) >= 11 is 0. The fourth-order valence-corrected chi connectivity index (χ4v) is 2.57. The van der Waals surface area contributed by atoms with Gasteiger partial charge in [0.1, 0.15) is 5.75 Å². The average molecular weight is 298 g/mol. The van der Waals surface area contributed by atoms with Gasteiger partial charge in [-0.25, -0.2) is 8.78 Å². The third kappa shape index (κ3) is 3.69. The van der Waals surface area contributed by atoms with Crippen LogP contribution in [0, 0.1) is 11.6 Å². The Morgan fingerprint density at radius 3 is 2.76 bits per heavy atom. The molecule has 1 aromatic carbocycles. The van der Waals surface area contributed by atoms with Gasteiger partial charge in [-0.3, -0.25) is 4.79 Å². The second kappa shape index (κ2) is 6.39. The Hall–Kier alpha value is -1.69. The van der Waals surface area contributed by atoms with Crippen molar-refractivity contribution in [2.75, 3.05) is 6.54 Å². The van der Waals surface area contributed by atoms with E-state index < -0.39 is 17.7 Å². The van der Waals surface area contributed by atoms with E-state index in [4.69, 9.17) is 10.5 Å². The molecule has 2 N–H and O–H groups in total. The average Bonchev–Trinajstić information content (AvgIpc) is 2.42. The fraction of sp³-hybridized carbons (Fsp3) is 0.533. The van der Waals surface area contributed by atoms with Gasteiger partial charge in [-0.2, -0.15) is 0 Å². The number of carbonyl (C=O) groups excluding carboxylic acids is 1. The van der Waals surface area contributed by atoms with Crippen LogP contribution in [0.25, 0.3) is 0 Å². The summed E-state index contributed by atoms with van der Waals surface area (Å²) in [5.74, 6) is -1.97. The Balaban J connectivity index is 2.00. The van der Waals surface area contributed by atoms with Gasteiger partial charge in [-0.1, -0.05) is 0 Å². The summed E-state index contributed by atoms with van der Waals surface area (Å²) in [4.78, 5) is 14.1. The van der Waals surface area contributed by atoms with Crippen LogP contribution >= 0.6 is 0 Å². The Labute approximate surface area is 122 Å². The highest BCUT2D eigenvalue weighted by atomic mass is 19.2. The molecular formula is C15H20F2N2O2.